The highest BCUT2D eigenvalue weighted by Crippen LogP contribution is 2.36. The minimum Gasteiger partial charge on any atom is -0.469 e. The van der Waals surface area contributed by atoms with E-state index in [1.54, 1.807) is 16.2 Å². The number of para-hydroxylation sites is 1. The summed E-state index contributed by atoms with van der Waals surface area (Å²) in [6.07, 6.45) is 1.36. The van der Waals surface area contributed by atoms with E-state index in [-0.39, 0.29) is 12.5 Å². The Labute approximate surface area is 160 Å². The van der Waals surface area contributed by atoms with Crippen molar-refractivity contribution in [2.75, 3.05) is 20.8 Å². The van der Waals surface area contributed by atoms with Crippen molar-refractivity contribution in [1.82, 2.24) is 15.2 Å². The molecule has 2 amide bonds. The van der Waals surface area contributed by atoms with E-state index < -0.39 is 24.0 Å². The number of aromatic nitrogens is 1. The number of ether oxygens (including phenoxy) is 2. The molecular formula is C18H21N3O5S. The van der Waals surface area contributed by atoms with E-state index in [1.165, 1.54) is 14.2 Å². The molecular weight excluding hydrogens is 370 g/mol. The molecule has 27 heavy (non-hydrogen) atoms. The summed E-state index contributed by atoms with van der Waals surface area (Å²) < 4.78 is 10.3. The Morgan fingerprint density at radius 1 is 1.30 bits per heavy atom. The second-order valence-corrected chi connectivity index (χ2v) is 7.24. The first-order valence-electron chi connectivity index (χ1n) is 8.60. The fourth-order valence-corrected chi connectivity index (χ4v) is 4.23. The average molecular weight is 391 g/mol. The van der Waals surface area contributed by atoms with Gasteiger partial charge in [0.1, 0.15) is 11.0 Å². The van der Waals surface area contributed by atoms with E-state index in [1.807, 2.05) is 24.3 Å². The van der Waals surface area contributed by atoms with Crippen molar-refractivity contribution in [2.24, 2.45) is 0 Å². The molecule has 1 saturated heterocycles. The molecule has 1 aromatic heterocycles. The Morgan fingerprint density at radius 3 is 2.78 bits per heavy atom. The first-order valence-corrected chi connectivity index (χ1v) is 9.42. The lowest BCUT2D eigenvalue weighted by atomic mass is 10.2. The highest BCUT2D eigenvalue weighted by atomic mass is 32.1. The third-order valence-corrected chi connectivity index (χ3v) is 5.63. The molecule has 1 N–H and O–H groups in total. The highest BCUT2D eigenvalue weighted by Gasteiger charge is 2.35. The van der Waals surface area contributed by atoms with Crippen LogP contribution in [0.2, 0.25) is 0 Å². The van der Waals surface area contributed by atoms with Crippen LogP contribution in [0.4, 0.5) is 4.79 Å². The lowest BCUT2D eigenvalue weighted by molar-refractivity contribution is -0.149. The van der Waals surface area contributed by atoms with Gasteiger partial charge in [-0.3, -0.25) is 4.79 Å². The van der Waals surface area contributed by atoms with Gasteiger partial charge in [0.15, 0.2) is 0 Å². The highest BCUT2D eigenvalue weighted by molar-refractivity contribution is 7.18. The van der Waals surface area contributed by atoms with Gasteiger partial charge < -0.3 is 19.7 Å². The number of fused-ring (bicyclic) bond motifs is 1. The standard InChI is InChI=1S/C18H21N3O5S/c1-25-15(22)10-12(17(23)26-2)20-18(24)21-9-5-7-13(21)16-19-11-6-3-4-8-14(11)27-16/h3-4,6,8,12-13H,5,7,9-10H2,1-2H3,(H,20,24)/t12-,13+/m0/s1. The van der Waals surface area contributed by atoms with E-state index in [0.717, 1.165) is 28.1 Å². The summed E-state index contributed by atoms with van der Waals surface area (Å²) in [7, 11) is 2.43. The number of nitrogens with one attached hydrogen (secondary N) is 1. The van der Waals surface area contributed by atoms with Gasteiger partial charge >= 0.3 is 18.0 Å². The summed E-state index contributed by atoms with van der Waals surface area (Å²) in [6.45, 7) is 0.554. The monoisotopic (exact) mass is 391 g/mol. The van der Waals surface area contributed by atoms with Gasteiger partial charge in [-0.05, 0) is 25.0 Å². The Morgan fingerprint density at radius 2 is 2.07 bits per heavy atom. The smallest absolute Gasteiger partial charge is 0.329 e. The number of carbonyl (C=O) groups is 3. The van der Waals surface area contributed by atoms with Gasteiger partial charge in [0, 0.05) is 6.54 Å². The van der Waals surface area contributed by atoms with E-state index in [2.05, 4.69) is 19.8 Å². The van der Waals surface area contributed by atoms with Crippen LogP contribution in [0.3, 0.4) is 0 Å². The predicted octanol–water partition coefficient (Wildman–Crippen LogP) is 2.25. The molecule has 8 nitrogen and oxygen atoms in total. The summed E-state index contributed by atoms with van der Waals surface area (Å²) >= 11 is 1.56. The van der Waals surface area contributed by atoms with Gasteiger partial charge in [-0.15, -0.1) is 11.3 Å². The Hall–Kier alpha value is -2.68. The van der Waals surface area contributed by atoms with Gasteiger partial charge in [-0.1, -0.05) is 12.1 Å². The van der Waals surface area contributed by atoms with Crippen LogP contribution in [0.5, 0.6) is 0 Å². The normalized spacial score (nSPS) is 17.6. The number of hydrogen-bond donors (Lipinski definition) is 1. The van der Waals surface area contributed by atoms with Gasteiger partial charge in [-0.25, -0.2) is 14.6 Å². The summed E-state index contributed by atoms with van der Waals surface area (Å²) in [6, 6.07) is 6.16. The summed E-state index contributed by atoms with van der Waals surface area (Å²) in [4.78, 5) is 42.5. The molecule has 0 radical (unpaired) electrons. The maximum absolute atomic E-state index is 12.8. The molecule has 0 spiro atoms. The van der Waals surface area contributed by atoms with Crippen LogP contribution >= 0.6 is 11.3 Å². The zero-order valence-electron chi connectivity index (χ0n) is 15.1. The molecule has 1 aromatic carbocycles. The molecule has 144 valence electrons. The molecule has 2 atom stereocenters. The largest absolute Gasteiger partial charge is 0.469 e. The van der Waals surface area contributed by atoms with Crippen molar-refractivity contribution >= 4 is 39.5 Å². The molecule has 0 saturated carbocycles. The Balaban J connectivity index is 1.75. The summed E-state index contributed by atoms with van der Waals surface area (Å²) in [5.41, 5.74) is 0.905. The fraction of sp³-hybridized carbons (Fsp3) is 0.444. The van der Waals surface area contributed by atoms with Crippen molar-refractivity contribution < 1.29 is 23.9 Å². The van der Waals surface area contributed by atoms with Gasteiger partial charge in [0.2, 0.25) is 0 Å². The van der Waals surface area contributed by atoms with Crippen molar-refractivity contribution in [3.05, 3.63) is 29.3 Å². The van der Waals surface area contributed by atoms with Gasteiger partial charge in [0.05, 0.1) is 36.9 Å². The molecule has 0 bridgehead atoms. The molecule has 2 aromatic rings. The molecule has 1 aliphatic heterocycles. The van der Waals surface area contributed by atoms with E-state index >= 15 is 0 Å². The minimum atomic E-state index is -1.09. The first kappa shape index (κ1) is 19.1. The average Bonchev–Trinajstić information content (AvgIpc) is 3.32. The number of likely N-dealkylation sites (tertiary alicyclic amines) is 1. The van der Waals surface area contributed by atoms with Crippen molar-refractivity contribution in [3.63, 3.8) is 0 Å². The molecule has 3 rings (SSSR count). The van der Waals surface area contributed by atoms with Crippen LogP contribution in [0.1, 0.15) is 30.3 Å². The van der Waals surface area contributed by atoms with E-state index in [9.17, 15) is 14.4 Å². The number of methoxy groups -OCH3 is 2. The zero-order valence-corrected chi connectivity index (χ0v) is 16.0. The summed E-state index contributed by atoms with van der Waals surface area (Å²) in [5, 5.41) is 3.46. The number of esters is 2. The lowest BCUT2D eigenvalue weighted by Crippen LogP contribution is -2.49. The molecule has 0 aliphatic carbocycles. The number of nitrogens with zero attached hydrogens (tertiary/aromatic N) is 2. The topological polar surface area (TPSA) is 97.8 Å². The fourth-order valence-electron chi connectivity index (χ4n) is 3.12. The quantitative estimate of drug-likeness (QED) is 0.785. The van der Waals surface area contributed by atoms with E-state index in [0.29, 0.717) is 6.54 Å². The molecule has 0 unspecified atom stereocenters. The van der Waals surface area contributed by atoms with Crippen LogP contribution in [-0.2, 0) is 19.1 Å². The number of carbonyl (C=O) groups excluding carboxylic acids is 3. The number of benzene rings is 1. The maximum atomic E-state index is 12.8. The van der Waals surface area contributed by atoms with Crippen LogP contribution in [0.15, 0.2) is 24.3 Å². The van der Waals surface area contributed by atoms with Gasteiger partial charge in [0.25, 0.3) is 0 Å². The van der Waals surface area contributed by atoms with Crippen molar-refractivity contribution in [3.8, 4) is 0 Å². The van der Waals surface area contributed by atoms with Crippen LogP contribution in [-0.4, -0.2) is 54.7 Å². The maximum Gasteiger partial charge on any atom is 0.329 e. The minimum absolute atomic E-state index is 0.154. The second-order valence-electron chi connectivity index (χ2n) is 6.18. The first-order chi connectivity index (χ1) is 13.0. The Bertz CT molecular complexity index is 819. The number of hydrogen-bond acceptors (Lipinski definition) is 7. The molecule has 9 heteroatoms. The SMILES string of the molecule is COC(=O)C[C@H](NC(=O)N1CCC[C@@H]1c1nc2ccccc2s1)C(=O)OC. The van der Waals surface area contributed by atoms with Crippen molar-refractivity contribution in [2.45, 2.75) is 31.3 Å². The molecule has 2 heterocycles. The molecule has 1 aliphatic rings. The lowest BCUT2D eigenvalue weighted by Gasteiger charge is -2.25. The van der Waals surface area contributed by atoms with E-state index in [4.69, 9.17) is 0 Å². The zero-order chi connectivity index (χ0) is 19.4. The Kier molecular flexibility index (Phi) is 5.90. The van der Waals surface area contributed by atoms with Crippen LogP contribution in [0, 0.1) is 0 Å². The van der Waals surface area contributed by atoms with Crippen molar-refractivity contribution in [1.29, 1.82) is 0 Å². The number of thiazole rings is 1. The van der Waals surface area contributed by atoms with Gasteiger partial charge in [-0.2, -0.15) is 0 Å². The third-order valence-electron chi connectivity index (χ3n) is 4.49. The van der Waals surface area contributed by atoms with Crippen LogP contribution < -0.4 is 5.32 Å². The number of rotatable bonds is 5. The third kappa shape index (κ3) is 4.19. The summed E-state index contributed by atoms with van der Waals surface area (Å²) in [5.74, 6) is -1.29. The second kappa shape index (κ2) is 8.34. The number of amides is 2. The number of urea groups is 1. The van der Waals surface area contributed by atoms with Crippen LogP contribution in [0.25, 0.3) is 10.2 Å². The molecule has 1 fully saturated rings. The predicted molar refractivity (Wildman–Crippen MR) is 99.3 cm³/mol.